The predicted octanol–water partition coefficient (Wildman–Crippen LogP) is 4.02. The fraction of sp³-hybridized carbons (Fsp3) is 0.647. The van der Waals surface area contributed by atoms with E-state index >= 15 is 0 Å². The summed E-state index contributed by atoms with van der Waals surface area (Å²) in [5.41, 5.74) is 4.02. The first-order chi connectivity index (χ1) is 9.01. The molecule has 0 aliphatic carbocycles. The average Bonchev–Trinajstić information content (AvgIpc) is 2.34. The van der Waals surface area contributed by atoms with Gasteiger partial charge in [0.2, 0.25) is 0 Å². The molecule has 0 aliphatic rings. The summed E-state index contributed by atoms with van der Waals surface area (Å²) in [6, 6.07) is 6.95. The van der Waals surface area contributed by atoms with Crippen LogP contribution in [0.3, 0.4) is 0 Å². The molecular formula is C17H29NO. The van der Waals surface area contributed by atoms with Gasteiger partial charge in [0.05, 0.1) is 12.1 Å². The van der Waals surface area contributed by atoms with Crippen molar-refractivity contribution in [1.29, 1.82) is 0 Å². The highest BCUT2D eigenvalue weighted by atomic mass is 16.5. The van der Waals surface area contributed by atoms with Gasteiger partial charge in [-0.05, 0) is 44.4 Å². The minimum absolute atomic E-state index is 0.214. The molecule has 1 rings (SSSR count). The largest absolute Gasteiger partial charge is 0.376 e. The molecule has 0 aliphatic heterocycles. The minimum Gasteiger partial charge on any atom is -0.376 e. The Morgan fingerprint density at radius 2 is 1.84 bits per heavy atom. The Morgan fingerprint density at radius 3 is 2.32 bits per heavy atom. The lowest BCUT2D eigenvalue weighted by Gasteiger charge is -2.32. The molecule has 0 fully saturated rings. The van der Waals surface area contributed by atoms with Crippen LogP contribution in [-0.4, -0.2) is 19.3 Å². The Morgan fingerprint density at radius 1 is 1.16 bits per heavy atom. The van der Waals surface area contributed by atoms with Gasteiger partial charge in [-0.25, -0.2) is 0 Å². The number of nitrogens with one attached hydrogen (secondary N) is 1. The summed E-state index contributed by atoms with van der Waals surface area (Å²) < 4.78 is 6.00. The van der Waals surface area contributed by atoms with E-state index in [1.54, 1.807) is 0 Å². The van der Waals surface area contributed by atoms with Crippen molar-refractivity contribution in [2.45, 2.75) is 53.7 Å². The van der Waals surface area contributed by atoms with Gasteiger partial charge < -0.3 is 10.1 Å². The lowest BCUT2D eigenvalue weighted by atomic mass is 9.90. The molecule has 1 aromatic carbocycles. The monoisotopic (exact) mass is 263 g/mol. The maximum Gasteiger partial charge on any atom is 0.0792 e. The average molecular weight is 263 g/mol. The van der Waals surface area contributed by atoms with Crippen LogP contribution in [-0.2, 0) is 4.74 Å². The molecule has 1 N–H and O–H groups in total. The lowest BCUT2D eigenvalue weighted by Crippen LogP contribution is -2.37. The number of aryl methyl sites for hydroxylation is 2. The number of hydrogen-bond donors (Lipinski definition) is 1. The van der Waals surface area contributed by atoms with Crippen LogP contribution in [0.2, 0.25) is 0 Å². The molecule has 2 atom stereocenters. The van der Waals surface area contributed by atoms with E-state index in [9.17, 15) is 0 Å². The predicted molar refractivity (Wildman–Crippen MR) is 82.6 cm³/mol. The SMILES string of the molecule is CCNC(c1ccc(C)cc1C)C(OCC)C(C)C. The van der Waals surface area contributed by atoms with Crippen LogP contribution in [0.4, 0.5) is 0 Å². The zero-order valence-corrected chi connectivity index (χ0v) is 13.3. The van der Waals surface area contributed by atoms with Crippen LogP contribution >= 0.6 is 0 Å². The molecule has 0 bridgehead atoms. The van der Waals surface area contributed by atoms with Crippen LogP contribution in [0.15, 0.2) is 18.2 Å². The smallest absolute Gasteiger partial charge is 0.0792 e. The van der Waals surface area contributed by atoms with E-state index in [1.807, 2.05) is 0 Å². The molecule has 0 saturated carbocycles. The Bertz CT molecular complexity index is 387. The number of benzene rings is 1. The standard InChI is InChI=1S/C17H29NO/c1-7-18-16(17(12(3)4)19-8-2)15-10-9-13(5)11-14(15)6/h9-12,16-18H,7-8H2,1-6H3. The summed E-state index contributed by atoms with van der Waals surface area (Å²) in [5, 5.41) is 3.60. The lowest BCUT2D eigenvalue weighted by molar-refractivity contribution is 0.00303. The molecule has 2 nitrogen and oxygen atoms in total. The van der Waals surface area contributed by atoms with Gasteiger partial charge in [-0.1, -0.05) is 44.5 Å². The van der Waals surface area contributed by atoms with Gasteiger partial charge in [0.15, 0.2) is 0 Å². The molecule has 0 spiro atoms. The van der Waals surface area contributed by atoms with Gasteiger partial charge in [0, 0.05) is 6.61 Å². The minimum atomic E-state index is 0.214. The van der Waals surface area contributed by atoms with Gasteiger partial charge in [-0.3, -0.25) is 0 Å². The Kier molecular flexibility index (Phi) is 6.53. The fourth-order valence-electron chi connectivity index (χ4n) is 2.66. The quantitative estimate of drug-likeness (QED) is 0.802. The third-order valence-corrected chi connectivity index (χ3v) is 3.53. The Hall–Kier alpha value is -0.860. The fourth-order valence-corrected chi connectivity index (χ4v) is 2.66. The highest BCUT2D eigenvalue weighted by Gasteiger charge is 2.26. The van der Waals surface area contributed by atoms with Crippen LogP contribution in [0.25, 0.3) is 0 Å². The zero-order chi connectivity index (χ0) is 14.4. The van der Waals surface area contributed by atoms with Gasteiger partial charge in [-0.2, -0.15) is 0 Å². The normalized spacial score (nSPS) is 14.7. The third-order valence-electron chi connectivity index (χ3n) is 3.53. The van der Waals surface area contributed by atoms with Crippen LogP contribution in [0.5, 0.6) is 0 Å². The van der Waals surface area contributed by atoms with Crippen molar-refractivity contribution >= 4 is 0 Å². The van der Waals surface area contributed by atoms with Crippen molar-refractivity contribution in [1.82, 2.24) is 5.32 Å². The summed E-state index contributed by atoms with van der Waals surface area (Å²) in [6.45, 7) is 14.7. The first-order valence-corrected chi connectivity index (χ1v) is 7.43. The second-order valence-electron chi connectivity index (χ2n) is 5.56. The Balaban J connectivity index is 3.09. The molecule has 0 heterocycles. The van der Waals surface area contributed by atoms with Crippen LogP contribution in [0.1, 0.15) is 50.4 Å². The highest BCUT2D eigenvalue weighted by molar-refractivity contribution is 5.33. The molecule has 19 heavy (non-hydrogen) atoms. The molecule has 0 amide bonds. The van der Waals surface area contributed by atoms with Crippen LogP contribution < -0.4 is 5.32 Å². The van der Waals surface area contributed by atoms with Gasteiger partial charge in [0.25, 0.3) is 0 Å². The molecule has 2 heteroatoms. The molecule has 2 unspecified atom stereocenters. The topological polar surface area (TPSA) is 21.3 Å². The Labute approximate surface area is 118 Å². The zero-order valence-electron chi connectivity index (χ0n) is 13.3. The number of likely N-dealkylation sites (N-methyl/N-ethyl adjacent to an activating group) is 1. The maximum absolute atomic E-state index is 6.00. The van der Waals surface area contributed by atoms with E-state index < -0.39 is 0 Å². The number of hydrogen-bond acceptors (Lipinski definition) is 2. The highest BCUT2D eigenvalue weighted by Crippen LogP contribution is 2.27. The van der Waals surface area contributed by atoms with E-state index in [0.29, 0.717) is 5.92 Å². The van der Waals surface area contributed by atoms with Crippen molar-refractivity contribution in [3.8, 4) is 0 Å². The van der Waals surface area contributed by atoms with Crippen LogP contribution in [0, 0.1) is 19.8 Å². The molecule has 108 valence electrons. The van der Waals surface area contributed by atoms with E-state index in [0.717, 1.165) is 13.2 Å². The van der Waals surface area contributed by atoms with E-state index in [4.69, 9.17) is 4.74 Å². The first kappa shape index (κ1) is 16.2. The summed E-state index contributed by atoms with van der Waals surface area (Å²) in [4.78, 5) is 0. The van der Waals surface area contributed by atoms with E-state index in [1.165, 1.54) is 16.7 Å². The molecule has 0 saturated heterocycles. The van der Waals surface area contributed by atoms with Crippen molar-refractivity contribution in [3.05, 3.63) is 34.9 Å². The molecular weight excluding hydrogens is 234 g/mol. The number of ether oxygens (including phenoxy) is 1. The van der Waals surface area contributed by atoms with E-state index in [-0.39, 0.29) is 12.1 Å². The van der Waals surface area contributed by atoms with Gasteiger partial charge in [0.1, 0.15) is 0 Å². The van der Waals surface area contributed by atoms with Crippen molar-refractivity contribution in [2.75, 3.05) is 13.2 Å². The first-order valence-electron chi connectivity index (χ1n) is 7.43. The number of rotatable bonds is 7. The van der Waals surface area contributed by atoms with Gasteiger partial charge in [-0.15, -0.1) is 0 Å². The molecule has 0 radical (unpaired) electrons. The van der Waals surface area contributed by atoms with Crippen molar-refractivity contribution in [3.63, 3.8) is 0 Å². The summed E-state index contributed by atoms with van der Waals surface area (Å²) in [5.74, 6) is 0.490. The molecule has 0 aromatic heterocycles. The maximum atomic E-state index is 6.00. The molecule has 1 aromatic rings. The van der Waals surface area contributed by atoms with Crippen molar-refractivity contribution < 1.29 is 4.74 Å². The summed E-state index contributed by atoms with van der Waals surface area (Å²) in [6.07, 6.45) is 0.214. The van der Waals surface area contributed by atoms with Gasteiger partial charge >= 0.3 is 0 Å². The van der Waals surface area contributed by atoms with Crippen molar-refractivity contribution in [2.24, 2.45) is 5.92 Å². The third kappa shape index (κ3) is 4.32. The summed E-state index contributed by atoms with van der Waals surface area (Å²) in [7, 11) is 0. The second kappa shape index (κ2) is 7.66. The van der Waals surface area contributed by atoms with E-state index in [2.05, 4.69) is 65.1 Å². The second-order valence-corrected chi connectivity index (χ2v) is 5.56. The summed E-state index contributed by atoms with van der Waals surface area (Å²) >= 11 is 0.